The highest BCUT2D eigenvalue weighted by molar-refractivity contribution is 4.83. The van der Waals surface area contributed by atoms with Gasteiger partial charge in [-0.05, 0) is 52.5 Å². The number of rotatable bonds is 4. The zero-order valence-electron chi connectivity index (χ0n) is 12.5. The van der Waals surface area contributed by atoms with E-state index >= 15 is 0 Å². The molecule has 2 saturated heterocycles. The van der Waals surface area contributed by atoms with E-state index in [1.54, 1.807) is 0 Å². The second-order valence-electron chi connectivity index (χ2n) is 6.21. The number of hydrazine groups is 1. The summed E-state index contributed by atoms with van der Waals surface area (Å²) >= 11 is 0. The number of hydrogen-bond acceptors (Lipinski definition) is 3. The monoisotopic (exact) mass is 253 g/mol. The number of nitrogens with zero attached hydrogens (tertiary/aromatic N) is 2. The van der Waals surface area contributed by atoms with Crippen LogP contribution in [0.3, 0.4) is 0 Å². The molecule has 0 radical (unpaired) electrons. The lowest BCUT2D eigenvalue weighted by Gasteiger charge is -2.49. The highest BCUT2D eigenvalue weighted by atomic mass is 15.6. The van der Waals surface area contributed by atoms with E-state index in [0.29, 0.717) is 6.04 Å². The first kappa shape index (κ1) is 14.3. The highest BCUT2D eigenvalue weighted by Gasteiger charge is 2.32. The largest absolute Gasteiger partial charge is 0.313 e. The molecule has 0 bridgehead atoms. The fraction of sp³-hybridized carbons (Fsp3) is 1.00. The Morgan fingerprint density at radius 1 is 1.06 bits per heavy atom. The lowest BCUT2D eigenvalue weighted by molar-refractivity contribution is -0.118. The van der Waals surface area contributed by atoms with E-state index in [4.69, 9.17) is 0 Å². The summed E-state index contributed by atoms with van der Waals surface area (Å²) < 4.78 is 0. The van der Waals surface area contributed by atoms with Gasteiger partial charge in [-0.1, -0.05) is 13.3 Å². The molecule has 18 heavy (non-hydrogen) atoms. The van der Waals surface area contributed by atoms with Crippen LogP contribution in [-0.2, 0) is 0 Å². The molecule has 0 spiro atoms. The van der Waals surface area contributed by atoms with Crippen LogP contribution in [0.15, 0.2) is 0 Å². The van der Waals surface area contributed by atoms with Crippen LogP contribution >= 0.6 is 0 Å². The molecule has 0 saturated carbocycles. The first-order valence-electron chi connectivity index (χ1n) is 7.99. The molecule has 2 rings (SSSR count). The maximum atomic E-state index is 3.70. The van der Waals surface area contributed by atoms with Gasteiger partial charge in [-0.3, -0.25) is 0 Å². The highest BCUT2D eigenvalue weighted by Crippen LogP contribution is 2.26. The zero-order valence-corrected chi connectivity index (χ0v) is 12.5. The van der Waals surface area contributed by atoms with Crippen molar-refractivity contribution in [1.82, 2.24) is 15.3 Å². The Kier molecular flexibility index (Phi) is 5.46. The van der Waals surface area contributed by atoms with Gasteiger partial charge in [-0.25, -0.2) is 10.0 Å². The van der Waals surface area contributed by atoms with Gasteiger partial charge in [0.15, 0.2) is 0 Å². The van der Waals surface area contributed by atoms with E-state index in [0.717, 1.165) is 12.1 Å². The maximum Gasteiger partial charge on any atom is 0.0287 e. The fourth-order valence-electron chi connectivity index (χ4n) is 3.65. The number of hydrogen-bond donors (Lipinski definition) is 1. The summed E-state index contributed by atoms with van der Waals surface area (Å²) in [6.07, 6.45) is 8.09. The second-order valence-corrected chi connectivity index (χ2v) is 6.21. The summed E-state index contributed by atoms with van der Waals surface area (Å²) in [5.41, 5.74) is 0. The molecular weight excluding hydrogens is 222 g/mol. The van der Waals surface area contributed by atoms with E-state index in [2.05, 4.69) is 36.1 Å². The maximum absolute atomic E-state index is 3.70. The Morgan fingerprint density at radius 3 is 2.44 bits per heavy atom. The Balaban J connectivity index is 1.90. The average Bonchev–Trinajstić information content (AvgIpc) is 2.37. The Morgan fingerprint density at radius 2 is 1.78 bits per heavy atom. The molecule has 0 aromatic heterocycles. The molecule has 0 aliphatic carbocycles. The Hall–Kier alpha value is -0.120. The minimum atomic E-state index is 0.708. The first-order chi connectivity index (χ1) is 8.72. The quantitative estimate of drug-likeness (QED) is 0.831. The van der Waals surface area contributed by atoms with Crippen molar-refractivity contribution in [3.8, 4) is 0 Å². The molecule has 2 aliphatic heterocycles. The third-order valence-electron chi connectivity index (χ3n) is 4.56. The van der Waals surface area contributed by atoms with Gasteiger partial charge in [-0.15, -0.1) is 0 Å². The Bertz CT molecular complexity index is 234. The minimum absolute atomic E-state index is 0.708. The zero-order chi connectivity index (χ0) is 13.0. The molecule has 1 N–H and O–H groups in total. The molecule has 106 valence electrons. The van der Waals surface area contributed by atoms with Gasteiger partial charge in [0, 0.05) is 31.2 Å². The first-order valence-corrected chi connectivity index (χ1v) is 7.99. The smallest absolute Gasteiger partial charge is 0.0287 e. The summed E-state index contributed by atoms with van der Waals surface area (Å²) in [6, 6.07) is 2.18. The van der Waals surface area contributed by atoms with Gasteiger partial charge in [0.05, 0.1) is 0 Å². The Labute approximate surface area is 113 Å². The van der Waals surface area contributed by atoms with Crippen molar-refractivity contribution in [2.45, 2.75) is 77.4 Å². The van der Waals surface area contributed by atoms with Gasteiger partial charge in [0.2, 0.25) is 0 Å². The summed E-state index contributed by atoms with van der Waals surface area (Å²) in [4.78, 5) is 0. The summed E-state index contributed by atoms with van der Waals surface area (Å²) in [5.74, 6) is 0. The average molecular weight is 253 g/mol. The molecule has 3 unspecified atom stereocenters. The van der Waals surface area contributed by atoms with E-state index < -0.39 is 0 Å². The summed E-state index contributed by atoms with van der Waals surface area (Å²) in [7, 11) is 0. The van der Waals surface area contributed by atoms with Crippen LogP contribution in [0.2, 0.25) is 0 Å². The lowest BCUT2D eigenvalue weighted by Crippen LogP contribution is -2.59. The van der Waals surface area contributed by atoms with Crippen LogP contribution < -0.4 is 5.32 Å². The molecule has 0 aromatic carbocycles. The predicted octanol–water partition coefficient (Wildman–Crippen LogP) is 2.63. The standard InChI is InChI=1S/C15H31N3/c1-4-10-16-15-9-6-11-17(12-15)18-13(2)7-5-8-14(18)3/h13-16H,4-12H2,1-3H3. The molecule has 0 amide bonds. The lowest BCUT2D eigenvalue weighted by atomic mass is 9.98. The topological polar surface area (TPSA) is 18.5 Å². The van der Waals surface area contributed by atoms with E-state index in [1.807, 2.05) is 0 Å². The van der Waals surface area contributed by atoms with Gasteiger partial charge in [-0.2, -0.15) is 0 Å². The van der Waals surface area contributed by atoms with E-state index in [1.165, 1.54) is 58.2 Å². The third kappa shape index (κ3) is 3.46. The van der Waals surface area contributed by atoms with Crippen LogP contribution in [0.4, 0.5) is 0 Å². The summed E-state index contributed by atoms with van der Waals surface area (Å²) in [6.45, 7) is 10.7. The van der Waals surface area contributed by atoms with E-state index in [9.17, 15) is 0 Å². The molecule has 3 atom stereocenters. The van der Waals surface area contributed by atoms with Gasteiger partial charge >= 0.3 is 0 Å². The molecule has 3 heteroatoms. The van der Waals surface area contributed by atoms with Crippen molar-refractivity contribution >= 4 is 0 Å². The van der Waals surface area contributed by atoms with Crippen molar-refractivity contribution in [1.29, 1.82) is 0 Å². The van der Waals surface area contributed by atoms with Crippen LogP contribution in [-0.4, -0.2) is 47.8 Å². The van der Waals surface area contributed by atoms with Crippen molar-refractivity contribution in [2.75, 3.05) is 19.6 Å². The van der Waals surface area contributed by atoms with Crippen molar-refractivity contribution in [2.24, 2.45) is 0 Å². The summed E-state index contributed by atoms with van der Waals surface area (Å²) in [5, 5.41) is 9.03. The van der Waals surface area contributed by atoms with Crippen LogP contribution in [0, 0.1) is 0 Å². The number of nitrogens with one attached hydrogen (secondary N) is 1. The van der Waals surface area contributed by atoms with Crippen molar-refractivity contribution < 1.29 is 0 Å². The normalized spacial score (nSPS) is 35.8. The predicted molar refractivity (Wildman–Crippen MR) is 77.5 cm³/mol. The molecule has 3 nitrogen and oxygen atoms in total. The third-order valence-corrected chi connectivity index (χ3v) is 4.56. The fourth-order valence-corrected chi connectivity index (χ4v) is 3.65. The van der Waals surface area contributed by atoms with Gasteiger partial charge in [0.1, 0.15) is 0 Å². The van der Waals surface area contributed by atoms with Crippen molar-refractivity contribution in [3.05, 3.63) is 0 Å². The molecule has 2 aliphatic rings. The molecule has 2 fully saturated rings. The second kappa shape index (κ2) is 6.88. The van der Waals surface area contributed by atoms with Gasteiger partial charge < -0.3 is 5.32 Å². The van der Waals surface area contributed by atoms with Crippen LogP contribution in [0.5, 0.6) is 0 Å². The van der Waals surface area contributed by atoms with Crippen molar-refractivity contribution in [3.63, 3.8) is 0 Å². The SMILES string of the molecule is CCCNC1CCCN(N2C(C)CCCC2C)C1. The van der Waals surface area contributed by atoms with E-state index in [-0.39, 0.29) is 0 Å². The molecular formula is C15H31N3. The molecule has 2 heterocycles. The molecule has 0 aromatic rings. The minimum Gasteiger partial charge on any atom is -0.313 e. The van der Waals surface area contributed by atoms with Crippen LogP contribution in [0.25, 0.3) is 0 Å². The number of piperidine rings is 2. The van der Waals surface area contributed by atoms with Crippen LogP contribution in [0.1, 0.15) is 59.3 Å². The van der Waals surface area contributed by atoms with Gasteiger partial charge in [0.25, 0.3) is 0 Å².